The maximum atomic E-state index is 12.4. The van der Waals surface area contributed by atoms with Gasteiger partial charge in [-0.25, -0.2) is 0 Å². The van der Waals surface area contributed by atoms with Crippen LogP contribution in [0.4, 0.5) is 0 Å². The van der Waals surface area contributed by atoms with Gasteiger partial charge in [0.1, 0.15) is 51.2 Å². The van der Waals surface area contributed by atoms with E-state index in [0.29, 0.717) is 0 Å². The standard InChI is InChI=1S/C24H28O9/c1-9-18(28)16(10(2)25)21(31)13(22(9)32-6)7-12-19(29)14-8-15(27)24(4,5)33-23(14)17(11(3)26)20(12)30/h15,27-31H,7-8H2,1-6H3. The molecule has 9 heteroatoms. The van der Waals surface area contributed by atoms with Crippen LogP contribution >= 0.6 is 0 Å². The minimum atomic E-state index is -1.07. The quantitative estimate of drug-likeness (QED) is 0.424. The van der Waals surface area contributed by atoms with Gasteiger partial charge in [-0.1, -0.05) is 0 Å². The summed E-state index contributed by atoms with van der Waals surface area (Å²) in [7, 11) is 1.30. The van der Waals surface area contributed by atoms with Crippen molar-refractivity contribution in [3.05, 3.63) is 33.4 Å². The van der Waals surface area contributed by atoms with E-state index in [1.807, 2.05) is 0 Å². The number of carbonyl (C=O) groups excluding carboxylic acids is 2. The molecule has 1 heterocycles. The van der Waals surface area contributed by atoms with E-state index in [1.165, 1.54) is 27.9 Å². The fraction of sp³-hybridized carbons (Fsp3) is 0.417. The summed E-state index contributed by atoms with van der Waals surface area (Å²) in [5, 5.41) is 53.6. The highest BCUT2D eigenvalue weighted by Crippen LogP contribution is 2.50. The predicted octanol–water partition coefficient (Wildman–Crippen LogP) is 2.90. The molecule has 2 aromatic rings. The number of hydrogen-bond donors (Lipinski definition) is 5. The summed E-state index contributed by atoms with van der Waals surface area (Å²) in [5.41, 5.74) is -1.34. The van der Waals surface area contributed by atoms with Crippen LogP contribution in [0.15, 0.2) is 0 Å². The van der Waals surface area contributed by atoms with Crippen molar-refractivity contribution >= 4 is 11.6 Å². The summed E-state index contributed by atoms with van der Waals surface area (Å²) in [6.45, 7) is 7.14. The third kappa shape index (κ3) is 3.72. The van der Waals surface area contributed by atoms with Crippen LogP contribution in [0.2, 0.25) is 0 Å². The Hall–Kier alpha value is -3.46. The van der Waals surface area contributed by atoms with E-state index in [1.54, 1.807) is 13.8 Å². The van der Waals surface area contributed by atoms with E-state index in [-0.39, 0.29) is 57.7 Å². The molecule has 1 atom stereocenters. The maximum absolute atomic E-state index is 12.4. The van der Waals surface area contributed by atoms with Gasteiger partial charge >= 0.3 is 0 Å². The van der Waals surface area contributed by atoms with E-state index in [2.05, 4.69) is 0 Å². The lowest BCUT2D eigenvalue weighted by Crippen LogP contribution is -2.46. The van der Waals surface area contributed by atoms with Gasteiger partial charge in [0.2, 0.25) is 0 Å². The van der Waals surface area contributed by atoms with Crippen molar-refractivity contribution in [3.63, 3.8) is 0 Å². The van der Waals surface area contributed by atoms with Crippen LogP contribution in [0.1, 0.15) is 70.7 Å². The molecule has 0 radical (unpaired) electrons. The number of hydrogen-bond acceptors (Lipinski definition) is 9. The topological polar surface area (TPSA) is 154 Å². The Bertz CT molecular complexity index is 1180. The first-order chi connectivity index (χ1) is 15.2. The van der Waals surface area contributed by atoms with Crippen LogP contribution in [0.3, 0.4) is 0 Å². The molecule has 2 aromatic carbocycles. The van der Waals surface area contributed by atoms with Gasteiger partial charge in [0.15, 0.2) is 11.6 Å². The molecule has 1 aliphatic heterocycles. The van der Waals surface area contributed by atoms with Gasteiger partial charge in [-0.2, -0.15) is 0 Å². The molecule has 0 saturated carbocycles. The molecule has 0 aliphatic carbocycles. The second-order valence-electron chi connectivity index (χ2n) is 8.78. The monoisotopic (exact) mass is 460 g/mol. The summed E-state index contributed by atoms with van der Waals surface area (Å²) in [4.78, 5) is 24.5. The number of aliphatic hydroxyl groups is 1. The lowest BCUT2D eigenvalue weighted by Gasteiger charge is -2.38. The van der Waals surface area contributed by atoms with Gasteiger partial charge in [-0.15, -0.1) is 0 Å². The highest BCUT2D eigenvalue weighted by atomic mass is 16.5. The molecule has 3 rings (SSSR count). The highest BCUT2D eigenvalue weighted by molar-refractivity contribution is 6.02. The van der Waals surface area contributed by atoms with Crippen LogP contribution in [0.5, 0.6) is 34.5 Å². The maximum Gasteiger partial charge on any atom is 0.167 e. The lowest BCUT2D eigenvalue weighted by atomic mass is 9.85. The number of aliphatic hydroxyl groups excluding tert-OH is 1. The normalized spacial score (nSPS) is 16.6. The number of ketones is 2. The van der Waals surface area contributed by atoms with Crippen molar-refractivity contribution in [2.45, 2.75) is 59.2 Å². The predicted molar refractivity (Wildman–Crippen MR) is 118 cm³/mol. The van der Waals surface area contributed by atoms with E-state index >= 15 is 0 Å². The minimum absolute atomic E-state index is 0.0148. The number of aromatic hydroxyl groups is 4. The lowest BCUT2D eigenvalue weighted by molar-refractivity contribution is -0.0422. The summed E-state index contributed by atoms with van der Waals surface area (Å²) in [6, 6.07) is 0. The van der Waals surface area contributed by atoms with E-state index < -0.39 is 46.3 Å². The van der Waals surface area contributed by atoms with Gasteiger partial charge in [-0.3, -0.25) is 9.59 Å². The number of carbonyl (C=O) groups is 2. The second-order valence-corrected chi connectivity index (χ2v) is 8.78. The Labute approximate surface area is 190 Å². The number of Topliss-reactive ketones (excluding diaryl/α,β-unsaturated/α-hetero) is 2. The number of rotatable bonds is 5. The molecule has 5 N–H and O–H groups in total. The molecule has 0 aromatic heterocycles. The Morgan fingerprint density at radius 3 is 2.03 bits per heavy atom. The minimum Gasteiger partial charge on any atom is -0.507 e. The number of phenolic OH excluding ortho intramolecular Hbond substituents is 4. The van der Waals surface area contributed by atoms with Crippen LogP contribution in [0.25, 0.3) is 0 Å². The molecule has 1 unspecified atom stereocenters. The first-order valence-electron chi connectivity index (χ1n) is 10.3. The Morgan fingerprint density at radius 1 is 0.970 bits per heavy atom. The van der Waals surface area contributed by atoms with Crippen LogP contribution in [-0.4, -0.2) is 55.9 Å². The summed E-state index contributed by atoms with van der Waals surface area (Å²) >= 11 is 0. The fourth-order valence-electron chi connectivity index (χ4n) is 4.22. The zero-order valence-electron chi connectivity index (χ0n) is 19.4. The van der Waals surface area contributed by atoms with Gasteiger partial charge < -0.3 is 35.0 Å². The second kappa shape index (κ2) is 8.15. The molecule has 0 spiro atoms. The average molecular weight is 460 g/mol. The first-order valence-corrected chi connectivity index (χ1v) is 10.3. The SMILES string of the molecule is COc1c(C)c(O)c(C(C)=O)c(O)c1Cc1c(O)c2c(c(C(C)=O)c1O)OC(C)(C)C(O)C2. The van der Waals surface area contributed by atoms with Gasteiger partial charge in [-0.05, 0) is 34.6 Å². The molecule has 1 aliphatic rings. The van der Waals surface area contributed by atoms with Crippen molar-refractivity contribution in [1.82, 2.24) is 0 Å². The number of fused-ring (bicyclic) bond motifs is 1. The molecule has 0 fully saturated rings. The smallest absolute Gasteiger partial charge is 0.167 e. The zero-order valence-corrected chi connectivity index (χ0v) is 19.4. The average Bonchev–Trinajstić information content (AvgIpc) is 2.70. The highest BCUT2D eigenvalue weighted by Gasteiger charge is 2.41. The van der Waals surface area contributed by atoms with E-state index in [4.69, 9.17) is 9.47 Å². The Kier molecular flexibility index (Phi) is 5.97. The molecule has 0 amide bonds. The Morgan fingerprint density at radius 2 is 1.52 bits per heavy atom. The zero-order chi connectivity index (χ0) is 25.0. The van der Waals surface area contributed by atoms with Gasteiger partial charge in [0, 0.05) is 35.1 Å². The van der Waals surface area contributed by atoms with Crippen molar-refractivity contribution in [1.29, 1.82) is 0 Å². The molecular formula is C24H28O9. The van der Waals surface area contributed by atoms with Crippen molar-refractivity contribution in [3.8, 4) is 34.5 Å². The summed E-state index contributed by atoms with van der Waals surface area (Å²) < 4.78 is 11.1. The molecule has 9 nitrogen and oxygen atoms in total. The number of phenols is 4. The van der Waals surface area contributed by atoms with E-state index in [0.717, 1.165) is 0 Å². The van der Waals surface area contributed by atoms with Crippen molar-refractivity contribution in [2.75, 3.05) is 7.11 Å². The molecule has 0 bridgehead atoms. The Balaban J connectivity index is 2.33. The number of ether oxygens (including phenoxy) is 2. The largest absolute Gasteiger partial charge is 0.507 e. The van der Waals surface area contributed by atoms with Gasteiger partial charge in [0.05, 0.1) is 13.2 Å². The number of benzene rings is 2. The summed E-state index contributed by atoms with van der Waals surface area (Å²) in [6.07, 6.45) is -1.39. The molecule has 178 valence electrons. The van der Waals surface area contributed by atoms with Crippen molar-refractivity contribution < 1.29 is 44.6 Å². The third-order valence-electron chi connectivity index (χ3n) is 6.15. The molecule has 33 heavy (non-hydrogen) atoms. The fourth-order valence-corrected chi connectivity index (χ4v) is 4.22. The molecular weight excluding hydrogens is 432 g/mol. The van der Waals surface area contributed by atoms with Crippen LogP contribution < -0.4 is 9.47 Å². The van der Waals surface area contributed by atoms with Crippen LogP contribution in [0, 0.1) is 6.92 Å². The first kappa shape index (κ1) is 24.2. The van der Waals surface area contributed by atoms with Crippen molar-refractivity contribution in [2.24, 2.45) is 0 Å². The van der Waals surface area contributed by atoms with Crippen LogP contribution in [-0.2, 0) is 12.8 Å². The van der Waals surface area contributed by atoms with E-state index in [9.17, 15) is 35.1 Å². The number of methoxy groups -OCH3 is 1. The van der Waals surface area contributed by atoms with Gasteiger partial charge in [0.25, 0.3) is 0 Å². The molecule has 0 saturated heterocycles. The summed E-state index contributed by atoms with van der Waals surface area (Å²) in [5.74, 6) is -3.07. The third-order valence-corrected chi connectivity index (χ3v) is 6.15.